The fourth-order valence-corrected chi connectivity index (χ4v) is 2.32. The maximum absolute atomic E-state index is 13.6. The first-order valence-electron chi connectivity index (χ1n) is 4.59. The van der Waals surface area contributed by atoms with Crippen molar-refractivity contribution >= 4 is 0 Å². The fourth-order valence-electron chi connectivity index (χ4n) is 2.32. The predicted octanol–water partition coefficient (Wildman–Crippen LogP) is 0.552. The van der Waals surface area contributed by atoms with E-state index in [1.54, 1.807) is 0 Å². The van der Waals surface area contributed by atoms with Crippen LogP contribution in [0, 0.1) is 0 Å². The molecule has 11 heavy (non-hydrogen) atoms. The van der Waals surface area contributed by atoms with Crippen LogP contribution in [0.2, 0.25) is 0 Å². The van der Waals surface area contributed by atoms with Crippen LogP contribution in [0.25, 0.3) is 0 Å². The Morgan fingerprint density at radius 1 is 1.00 bits per heavy atom. The third-order valence-corrected chi connectivity index (χ3v) is 3.60. The van der Waals surface area contributed by atoms with Crippen LogP contribution in [-0.4, -0.2) is 55.0 Å². The van der Waals surface area contributed by atoms with Crippen LogP contribution in [-0.2, 0) is 0 Å². The highest BCUT2D eigenvalue weighted by Gasteiger charge is 2.49. The summed E-state index contributed by atoms with van der Waals surface area (Å²) >= 11 is 0. The molecule has 2 bridgehead atoms. The molecule has 3 saturated heterocycles. The van der Waals surface area contributed by atoms with E-state index in [2.05, 4.69) is 6.92 Å². The van der Waals surface area contributed by atoms with Crippen molar-refractivity contribution in [2.75, 3.05) is 45.8 Å². The summed E-state index contributed by atoms with van der Waals surface area (Å²) in [5.41, 5.74) is 0. The average Bonchev–Trinajstić information content (AvgIpc) is 2.07. The van der Waals surface area contributed by atoms with Crippen molar-refractivity contribution in [1.82, 2.24) is 0 Å². The van der Waals surface area contributed by atoms with Gasteiger partial charge < -0.3 is 4.48 Å². The van der Waals surface area contributed by atoms with E-state index in [4.69, 9.17) is 0 Å². The van der Waals surface area contributed by atoms with Crippen molar-refractivity contribution in [2.24, 2.45) is 0 Å². The number of likely N-dealkylation sites (N-methyl/N-ethyl adjacent to an activating group) is 1. The molecule has 0 atom stereocenters. The van der Waals surface area contributed by atoms with Crippen LogP contribution in [0.4, 0.5) is 4.48 Å². The van der Waals surface area contributed by atoms with E-state index in [0.29, 0.717) is 0 Å². The lowest BCUT2D eigenvalue weighted by Gasteiger charge is -2.49. The summed E-state index contributed by atoms with van der Waals surface area (Å²) in [5, 5.41) is 0. The summed E-state index contributed by atoms with van der Waals surface area (Å²) in [4.78, 5) is 0. The van der Waals surface area contributed by atoms with Gasteiger partial charge in [-0.3, -0.25) is 0 Å². The Kier molecular flexibility index (Phi) is 1.48. The second-order valence-electron chi connectivity index (χ2n) is 4.03. The van der Waals surface area contributed by atoms with E-state index in [0.717, 1.165) is 39.3 Å². The van der Waals surface area contributed by atoms with E-state index >= 15 is 0 Å². The molecule has 3 fully saturated rings. The van der Waals surface area contributed by atoms with Crippen molar-refractivity contribution in [1.29, 1.82) is 0 Å². The lowest BCUT2D eigenvalue weighted by molar-refractivity contribution is -1.15. The molecule has 3 aliphatic heterocycles. The van der Waals surface area contributed by atoms with Gasteiger partial charge in [0, 0.05) is 0 Å². The first-order chi connectivity index (χ1) is 5.18. The average molecular weight is 160 g/mol. The summed E-state index contributed by atoms with van der Waals surface area (Å²) in [6, 6.07) is 0. The standard InChI is InChI=1S/C8H17FN2/c1-2-10-3-6-11(9,7-4-10)8-5-10/h2-8H2,1H3/q+2. The number of hydrogen-bond acceptors (Lipinski definition) is 0. The van der Waals surface area contributed by atoms with Gasteiger partial charge in [-0.05, 0) is 11.4 Å². The number of fused-ring (bicyclic) bond motifs is 3. The molecule has 3 rings (SSSR count). The Hall–Kier alpha value is -0.150. The summed E-state index contributed by atoms with van der Waals surface area (Å²) in [6.45, 7) is 8.88. The van der Waals surface area contributed by atoms with Gasteiger partial charge in [-0.25, -0.2) is 0 Å². The smallest absolute Gasteiger partial charge is 0.164 e. The molecule has 3 heteroatoms. The molecule has 0 aromatic carbocycles. The predicted molar refractivity (Wildman–Crippen MR) is 41.4 cm³/mol. The molecule has 64 valence electrons. The first kappa shape index (κ1) is 7.50. The molecule has 0 aliphatic carbocycles. The molecule has 3 heterocycles. The maximum atomic E-state index is 13.6. The van der Waals surface area contributed by atoms with Crippen LogP contribution in [0.1, 0.15) is 6.92 Å². The van der Waals surface area contributed by atoms with Crippen LogP contribution in [0.3, 0.4) is 0 Å². The zero-order valence-corrected chi connectivity index (χ0v) is 7.22. The topological polar surface area (TPSA) is 0 Å². The van der Waals surface area contributed by atoms with Gasteiger partial charge in [-0.15, -0.1) is 4.71 Å². The van der Waals surface area contributed by atoms with E-state index < -0.39 is 0 Å². The zero-order valence-electron chi connectivity index (χ0n) is 7.22. The Balaban J connectivity index is 2.12. The van der Waals surface area contributed by atoms with Gasteiger partial charge in [0.25, 0.3) is 0 Å². The monoisotopic (exact) mass is 160 g/mol. The van der Waals surface area contributed by atoms with Crippen molar-refractivity contribution in [2.45, 2.75) is 6.92 Å². The number of hydrogen-bond donors (Lipinski definition) is 0. The van der Waals surface area contributed by atoms with Crippen molar-refractivity contribution in [3.05, 3.63) is 0 Å². The van der Waals surface area contributed by atoms with Gasteiger partial charge in [-0.1, -0.05) is 0 Å². The van der Waals surface area contributed by atoms with E-state index in [-0.39, 0.29) is 4.71 Å². The molecule has 0 aromatic heterocycles. The summed E-state index contributed by atoms with van der Waals surface area (Å²) in [6.07, 6.45) is 0. The normalized spacial score (nSPS) is 49.6. The van der Waals surface area contributed by atoms with Gasteiger partial charge in [0.2, 0.25) is 0 Å². The van der Waals surface area contributed by atoms with Gasteiger partial charge >= 0.3 is 0 Å². The summed E-state index contributed by atoms with van der Waals surface area (Å²) < 4.78 is 14.6. The molecule has 3 aliphatic rings. The molecule has 0 amide bonds. The SMILES string of the molecule is CC[N+]12CC[N+](F)(CC1)CC2. The lowest BCUT2D eigenvalue weighted by Crippen LogP contribution is -2.72. The molecule has 0 spiro atoms. The number of piperazine rings is 3. The Labute approximate surface area is 67.3 Å². The molecule has 0 radical (unpaired) electrons. The summed E-state index contributed by atoms with van der Waals surface area (Å²) in [7, 11) is 0. The van der Waals surface area contributed by atoms with Gasteiger partial charge in [-0.2, -0.15) is 0 Å². The molecular formula is C8H17FN2+2. The number of rotatable bonds is 1. The van der Waals surface area contributed by atoms with Gasteiger partial charge in [0.05, 0.1) is 6.54 Å². The first-order valence-corrected chi connectivity index (χ1v) is 4.59. The highest BCUT2D eigenvalue weighted by molar-refractivity contribution is 4.56. The van der Waals surface area contributed by atoms with Gasteiger partial charge in [0.1, 0.15) is 19.6 Å². The third-order valence-electron chi connectivity index (χ3n) is 3.60. The minimum atomic E-state index is -0.139. The zero-order chi connectivity index (χ0) is 7.95. The Morgan fingerprint density at radius 3 is 1.82 bits per heavy atom. The van der Waals surface area contributed by atoms with Crippen molar-refractivity contribution < 1.29 is 13.7 Å². The second kappa shape index (κ2) is 2.17. The number of halogens is 1. The largest absolute Gasteiger partial charge is 0.310 e. The molecule has 0 aromatic rings. The quantitative estimate of drug-likeness (QED) is 0.388. The lowest BCUT2D eigenvalue weighted by atomic mass is 10.1. The van der Waals surface area contributed by atoms with E-state index in [1.165, 1.54) is 11.0 Å². The minimum absolute atomic E-state index is 0.139. The molecular weight excluding hydrogens is 143 g/mol. The molecule has 2 nitrogen and oxygen atoms in total. The minimum Gasteiger partial charge on any atom is -0.310 e. The van der Waals surface area contributed by atoms with Crippen molar-refractivity contribution in [3.63, 3.8) is 0 Å². The Morgan fingerprint density at radius 2 is 1.45 bits per heavy atom. The number of nitrogens with zero attached hydrogens (tertiary/aromatic N) is 2. The highest BCUT2D eigenvalue weighted by atomic mass is 19.2. The van der Waals surface area contributed by atoms with Crippen molar-refractivity contribution in [3.8, 4) is 0 Å². The number of quaternary nitrogens is 2. The second-order valence-corrected chi connectivity index (χ2v) is 4.03. The van der Waals surface area contributed by atoms with Crippen LogP contribution >= 0.6 is 0 Å². The van der Waals surface area contributed by atoms with Crippen LogP contribution < -0.4 is 0 Å². The fraction of sp³-hybridized carbons (Fsp3) is 1.00. The maximum Gasteiger partial charge on any atom is 0.164 e. The third kappa shape index (κ3) is 1.07. The van der Waals surface area contributed by atoms with Crippen LogP contribution in [0.5, 0.6) is 0 Å². The van der Waals surface area contributed by atoms with E-state index in [9.17, 15) is 4.48 Å². The Bertz CT molecular complexity index is 145. The summed E-state index contributed by atoms with van der Waals surface area (Å²) in [5.74, 6) is 0. The molecule has 0 saturated carbocycles. The molecule has 0 N–H and O–H groups in total. The highest BCUT2D eigenvalue weighted by Crippen LogP contribution is 2.26. The molecule has 0 unspecified atom stereocenters. The van der Waals surface area contributed by atoms with E-state index in [1.807, 2.05) is 0 Å². The van der Waals surface area contributed by atoms with Gasteiger partial charge in [0.15, 0.2) is 19.6 Å². The van der Waals surface area contributed by atoms with Crippen LogP contribution in [0.15, 0.2) is 0 Å².